The number of carbonyl (C=O) groups is 1. The molecule has 0 spiro atoms. The van der Waals surface area contributed by atoms with Gasteiger partial charge in [-0.25, -0.2) is 4.79 Å². The smallest absolute Gasteiger partial charge is 0.328 e. The topological polar surface area (TPSA) is 37.3 Å². The van der Waals surface area contributed by atoms with E-state index in [1.807, 2.05) is 19.9 Å². The summed E-state index contributed by atoms with van der Waals surface area (Å²) in [6, 6.07) is 0. The Bertz CT molecular complexity index is 281. The SMILES string of the molecule is CC(/C=C\C(=O)O)=C\C(C)=C(/C)Cl. The van der Waals surface area contributed by atoms with Gasteiger partial charge in [0, 0.05) is 11.1 Å². The average Bonchev–Trinajstić information content (AvgIpc) is 2.00. The van der Waals surface area contributed by atoms with E-state index in [1.165, 1.54) is 6.08 Å². The summed E-state index contributed by atoms with van der Waals surface area (Å²) in [5.41, 5.74) is 1.80. The number of allylic oxidation sites excluding steroid dienone is 5. The Balaban J connectivity index is 4.52. The minimum absolute atomic E-state index is 0.711. The maximum absolute atomic E-state index is 10.2. The van der Waals surface area contributed by atoms with Crippen molar-refractivity contribution in [3.63, 3.8) is 0 Å². The van der Waals surface area contributed by atoms with Gasteiger partial charge in [-0.05, 0) is 26.3 Å². The van der Waals surface area contributed by atoms with Gasteiger partial charge >= 0.3 is 5.97 Å². The van der Waals surface area contributed by atoms with Crippen molar-refractivity contribution in [1.29, 1.82) is 0 Å². The summed E-state index contributed by atoms with van der Waals surface area (Å²) in [6.07, 6.45) is 4.47. The van der Waals surface area contributed by atoms with Crippen LogP contribution >= 0.6 is 11.6 Å². The largest absolute Gasteiger partial charge is 0.478 e. The molecule has 0 saturated heterocycles. The Labute approximate surface area is 83.2 Å². The van der Waals surface area contributed by atoms with Crippen molar-refractivity contribution in [1.82, 2.24) is 0 Å². The number of halogens is 1. The van der Waals surface area contributed by atoms with Crippen LogP contribution in [0.25, 0.3) is 0 Å². The predicted octanol–water partition coefficient (Wildman–Crippen LogP) is 3.11. The molecule has 2 nitrogen and oxygen atoms in total. The molecule has 0 rings (SSSR count). The highest BCUT2D eigenvalue weighted by molar-refractivity contribution is 6.29. The molecule has 0 fully saturated rings. The van der Waals surface area contributed by atoms with Crippen molar-refractivity contribution in [2.24, 2.45) is 0 Å². The molecule has 3 heteroatoms. The number of aliphatic carboxylic acids is 1. The van der Waals surface area contributed by atoms with E-state index in [1.54, 1.807) is 6.92 Å². The van der Waals surface area contributed by atoms with Crippen LogP contribution < -0.4 is 0 Å². The molecule has 0 aromatic carbocycles. The third-order valence-electron chi connectivity index (χ3n) is 1.48. The Hall–Kier alpha value is -1.02. The number of hydrogen-bond acceptors (Lipinski definition) is 1. The molecule has 0 radical (unpaired) electrons. The Morgan fingerprint density at radius 1 is 1.23 bits per heavy atom. The maximum Gasteiger partial charge on any atom is 0.328 e. The second-order valence-corrected chi connectivity index (χ2v) is 3.34. The summed E-state index contributed by atoms with van der Waals surface area (Å²) < 4.78 is 0. The lowest BCUT2D eigenvalue weighted by Crippen LogP contribution is -1.86. The van der Waals surface area contributed by atoms with Gasteiger partial charge in [0.2, 0.25) is 0 Å². The van der Waals surface area contributed by atoms with E-state index in [0.29, 0.717) is 5.03 Å². The van der Waals surface area contributed by atoms with E-state index >= 15 is 0 Å². The van der Waals surface area contributed by atoms with Crippen LogP contribution in [0.4, 0.5) is 0 Å². The fraction of sp³-hybridized carbons (Fsp3) is 0.300. The highest BCUT2D eigenvalue weighted by atomic mass is 35.5. The fourth-order valence-corrected chi connectivity index (χ4v) is 0.746. The molecule has 13 heavy (non-hydrogen) atoms. The zero-order valence-corrected chi connectivity index (χ0v) is 8.72. The fourth-order valence-electron chi connectivity index (χ4n) is 0.692. The van der Waals surface area contributed by atoms with Gasteiger partial charge in [0.1, 0.15) is 0 Å². The van der Waals surface area contributed by atoms with Gasteiger partial charge < -0.3 is 5.11 Å². The molecular weight excluding hydrogens is 188 g/mol. The third-order valence-corrected chi connectivity index (χ3v) is 1.77. The minimum atomic E-state index is -0.947. The molecule has 0 bridgehead atoms. The highest BCUT2D eigenvalue weighted by Crippen LogP contribution is 2.11. The zero-order valence-electron chi connectivity index (χ0n) is 7.97. The second kappa shape index (κ2) is 5.60. The molecule has 0 amide bonds. The third kappa shape index (κ3) is 6.17. The number of carboxylic acid groups (broad SMARTS) is 1. The van der Waals surface area contributed by atoms with Crippen molar-refractivity contribution in [3.05, 3.63) is 34.4 Å². The minimum Gasteiger partial charge on any atom is -0.478 e. The summed E-state index contributed by atoms with van der Waals surface area (Å²) in [4.78, 5) is 10.2. The van der Waals surface area contributed by atoms with E-state index in [4.69, 9.17) is 16.7 Å². The van der Waals surface area contributed by atoms with Gasteiger partial charge in [-0.3, -0.25) is 0 Å². The van der Waals surface area contributed by atoms with E-state index in [2.05, 4.69) is 0 Å². The van der Waals surface area contributed by atoms with Crippen LogP contribution in [0.2, 0.25) is 0 Å². The summed E-state index contributed by atoms with van der Waals surface area (Å²) in [6.45, 7) is 5.49. The predicted molar refractivity (Wildman–Crippen MR) is 54.8 cm³/mol. The van der Waals surface area contributed by atoms with Gasteiger partial charge in [-0.2, -0.15) is 0 Å². The van der Waals surface area contributed by atoms with Crippen LogP contribution in [0, 0.1) is 0 Å². The summed E-state index contributed by atoms with van der Waals surface area (Å²) in [7, 11) is 0. The van der Waals surface area contributed by atoms with E-state index in [0.717, 1.165) is 17.2 Å². The molecule has 0 aliphatic rings. The highest BCUT2D eigenvalue weighted by Gasteiger charge is 1.90. The summed E-state index contributed by atoms with van der Waals surface area (Å²) in [5.74, 6) is -0.947. The van der Waals surface area contributed by atoms with E-state index in [9.17, 15) is 4.79 Å². The lowest BCUT2D eigenvalue weighted by molar-refractivity contribution is -0.131. The molecule has 0 atom stereocenters. The Kier molecular flexibility index (Phi) is 5.16. The normalized spacial score (nSPS) is 14.6. The first-order valence-corrected chi connectivity index (χ1v) is 4.23. The van der Waals surface area contributed by atoms with E-state index in [-0.39, 0.29) is 0 Å². The number of hydrogen-bond donors (Lipinski definition) is 1. The molecule has 0 aromatic rings. The lowest BCUT2D eigenvalue weighted by atomic mass is 10.2. The van der Waals surface area contributed by atoms with Crippen LogP contribution in [-0.2, 0) is 4.79 Å². The van der Waals surface area contributed by atoms with Crippen molar-refractivity contribution in [2.45, 2.75) is 20.8 Å². The molecule has 0 aliphatic carbocycles. The first kappa shape index (κ1) is 12.0. The van der Waals surface area contributed by atoms with Gasteiger partial charge in [0.15, 0.2) is 0 Å². The molecule has 1 N–H and O–H groups in total. The number of carboxylic acids is 1. The second-order valence-electron chi connectivity index (χ2n) is 2.78. The van der Waals surface area contributed by atoms with Crippen molar-refractivity contribution in [2.75, 3.05) is 0 Å². The van der Waals surface area contributed by atoms with Gasteiger partial charge in [0.25, 0.3) is 0 Å². The quantitative estimate of drug-likeness (QED) is 0.562. The molecule has 0 aliphatic heterocycles. The molecule has 0 aromatic heterocycles. The van der Waals surface area contributed by atoms with Crippen molar-refractivity contribution >= 4 is 17.6 Å². The van der Waals surface area contributed by atoms with Crippen LogP contribution in [0.3, 0.4) is 0 Å². The Morgan fingerprint density at radius 2 is 1.77 bits per heavy atom. The monoisotopic (exact) mass is 200 g/mol. The van der Waals surface area contributed by atoms with Crippen molar-refractivity contribution in [3.8, 4) is 0 Å². The number of rotatable bonds is 3. The molecule has 72 valence electrons. The lowest BCUT2D eigenvalue weighted by Gasteiger charge is -1.95. The van der Waals surface area contributed by atoms with Crippen LogP contribution in [0.15, 0.2) is 34.4 Å². The molecule has 0 unspecified atom stereocenters. The first-order chi connectivity index (χ1) is 5.93. The summed E-state index contributed by atoms with van der Waals surface area (Å²) >= 11 is 5.73. The van der Waals surface area contributed by atoms with Gasteiger partial charge in [-0.15, -0.1) is 0 Å². The summed E-state index contributed by atoms with van der Waals surface area (Å²) in [5, 5.41) is 9.06. The zero-order chi connectivity index (χ0) is 10.4. The Morgan fingerprint density at radius 3 is 2.15 bits per heavy atom. The van der Waals surface area contributed by atoms with Gasteiger partial charge in [-0.1, -0.05) is 29.3 Å². The van der Waals surface area contributed by atoms with Crippen molar-refractivity contribution < 1.29 is 9.90 Å². The van der Waals surface area contributed by atoms with Crippen LogP contribution in [0.1, 0.15) is 20.8 Å². The molecular formula is C10H13ClO2. The van der Waals surface area contributed by atoms with Crippen LogP contribution in [0.5, 0.6) is 0 Å². The molecule has 0 heterocycles. The standard InChI is InChI=1S/C10H13ClO2/c1-7(4-5-10(12)13)6-8(2)9(3)11/h4-6H,1-3H3,(H,12,13)/b5-4-,7-6+,9-8+. The molecule has 0 saturated carbocycles. The average molecular weight is 201 g/mol. The van der Waals surface area contributed by atoms with Crippen LogP contribution in [-0.4, -0.2) is 11.1 Å². The first-order valence-electron chi connectivity index (χ1n) is 3.85. The maximum atomic E-state index is 10.2. The van der Waals surface area contributed by atoms with E-state index < -0.39 is 5.97 Å². The van der Waals surface area contributed by atoms with Gasteiger partial charge in [0.05, 0.1) is 0 Å².